The van der Waals surface area contributed by atoms with Gasteiger partial charge in [-0.1, -0.05) is 22.9 Å². The van der Waals surface area contributed by atoms with Crippen LogP contribution in [0.3, 0.4) is 0 Å². The number of aryl methyl sites for hydroxylation is 1. The van der Waals surface area contributed by atoms with Gasteiger partial charge < -0.3 is 0 Å². The van der Waals surface area contributed by atoms with Crippen LogP contribution in [-0.4, -0.2) is 0 Å². The smallest absolute Gasteiger partial charge is 0.0488 e. The molecule has 2 aromatic rings. The van der Waals surface area contributed by atoms with E-state index in [0.29, 0.717) is 5.88 Å². The van der Waals surface area contributed by atoms with Gasteiger partial charge in [0.2, 0.25) is 0 Å². The predicted molar refractivity (Wildman–Crippen MR) is 68.5 cm³/mol. The first-order valence-electron chi connectivity index (χ1n) is 4.51. The van der Waals surface area contributed by atoms with Crippen LogP contribution in [-0.2, 0) is 12.3 Å². The molecule has 1 aromatic carbocycles. The fourth-order valence-corrected chi connectivity index (χ4v) is 3.59. The molecular formula is C11H10BrClS. The Morgan fingerprint density at radius 3 is 2.86 bits per heavy atom. The van der Waals surface area contributed by atoms with E-state index >= 15 is 0 Å². The third-order valence-corrected chi connectivity index (χ3v) is 4.39. The molecule has 0 saturated heterocycles. The molecule has 0 radical (unpaired) electrons. The van der Waals surface area contributed by atoms with Gasteiger partial charge in [-0.3, -0.25) is 0 Å². The van der Waals surface area contributed by atoms with E-state index in [1.165, 1.54) is 25.7 Å². The Morgan fingerprint density at radius 2 is 2.21 bits per heavy atom. The molecule has 0 aliphatic rings. The Labute approximate surface area is 101 Å². The predicted octanol–water partition coefficient (Wildman–Crippen LogP) is 4.97. The molecular weight excluding hydrogens is 280 g/mol. The standard InChI is InChI=1S/C11H10BrClS/c1-2-8-9(12)3-4-10-11(8)7(5-13)6-14-10/h3-4,6H,2,5H2,1H3. The molecule has 0 amide bonds. The van der Waals surface area contributed by atoms with E-state index in [-0.39, 0.29) is 0 Å². The Morgan fingerprint density at radius 1 is 1.43 bits per heavy atom. The average molecular weight is 290 g/mol. The maximum absolute atomic E-state index is 5.92. The van der Waals surface area contributed by atoms with Crippen LogP contribution in [0, 0.1) is 0 Å². The van der Waals surface area contributed by atoms with Gasteiger partial charge in [-0.25, -0.2) is 0 Å². The largest absolute Gasteiger partial charge is 0.143 e. The van der Waals surface area contributed by atoms with Gasteiger partial charge in [-0.05, 0) is 35.1 Å². The quantitative estimate of drug-likeness (QED) is 0.685. The van der Waals surface area contributed by atoms with Crippen LogP contribution in [0.25, 0.3) is 10.1 Å². The van der Waals surface area contributed by atoms with Crippen molar-refractivity contribution in [3.05, 3.63) is 33.1 Å². The fraction of sp³-hybridized carbons (Fsp3) is 0.273. The molecule has 0 nitrogen and oxygen atoms in total. The van der Waals surface area contributed by atoms with Gasteiger partial charge in [0.05, 0.1) is 0 Å². The molecule has 2 rings (SSSR count). The number of hydrogen-bond donors (Lipinski definition) is 0. The third kappa shape index (κ3) is 1.60. The highest BCUT2D eigenvalue weighted by atomic mass is 79.9. The van der Waals surface area contributed by atoms with Crippen LogP contribution >= 0.6 is 38.9 Å². The Bertz CT molecular complexity index is 462. The Hall–Kier alpha value is -0.0500. The number of fused-ring (bicyclic) bond motifs is 1. The summed E-state index contributed by atoms with van der Waals surface area (Å²) in [4.78, 5) is 0. The lowest BCUT2D eigenvalue weighted by Gasteiger charge is -2.04. The highest BCUT2D eigenvalue weighted by Gasteiger charge is 2.09. The number of rotatable bonds is 2. The SMILES string of the molecule is CCc1c(Br)ccc2scc(CCl)c12. The monoisotopic (exact) mass is 288 g/mol. The molecule has 0 bridgehead atoms. The second-order valence-corrected chi connectivity index (χ2v) is 5.18. The van der Waals surface area contributed by atoms with Crippen molar-refractivity contribution in [2.24, 2.45) is 0 Å². The summed E-state index contributed by atoms with van der Waals surface area (Å²) in [7, 11) is 0. The first-order chi connectivity index (χ1) is 6.77. The van der Waals surface area contributed by atoms with Crippen molar-refractivity contribution >= 4 is 49.0 Å². The zero-order valence-electron chi connectivity index (χ0n) is 7.81. The Kier molecular flexibility index (Phi) is 3.15. The normalized spacial score (nSPS) is 11.1. The molecule has 0 aliphatic heterocycles. The zero-order valence-corrected chi connectivity index (χ0v) is 11.0. The van der Waals surface area contributed by atoms with Gasteiger partial charge in [-0.2, -0.15) is 0 Å². The van der Waals surface area contributed by atoms with Gasteiger partial charge in [0.25, 0.3) is 0 Å². The van der Waals surface area contributed by atoms with Crippen LogP contribution < -0.4 is 0 Å². The van der Waals surface area contributed by atoms with Gasteiger partial charge in [-0.15, -0.1) is 22.9 Å². The summed E-state index contributed by atoms with van der Waals surface area (Å²) in [5.74, 6) is 0.601. The van der Waals surface area contributed by atoms with E-state index in [9.17, 15) is 0 Å². The van der Waals surface area contributed by atoms with Crippen molar-refractivity contribution in [1.29, 1.82) is 0 Å². The molecule has 0 saturated carbocycles. The molecule has 0 fully saturated rings. The third-order valence-electron chi connectivity index (χ3n) is 2.36. The van der Waals surface area contributed by atoms with E-state index in [1.807, 2.05) is 0 Å². The number of hydrogen-bond acceptors (Lipinski definition) is 1. The van der Waals surface area contributed by atoms with Crippen LogP contribution in [0.1, 0.15) is 18.1 Å². The summed E-state index contributed by atoms with van der Waals surface area (Å²) < 4.78 is 2.53. The van der Waals surface area contributed by atoms with Crippen molar-refractivity contribution in [2.75, 3.05) is 0 Å². The summed E-state index contributed by atoms with van der Waals surface area (Å²) in [5.41, 5.74) is 2.63. The van der Waals surface area contributed by atoms with Crippen molar-refractivity contribution in [1.82, 2.24) is 0 Å². The van der Waals surface area contributed by atoms with Crippen LogP contribution in [0.2, 0.25) is 0 Å². The average Bonchev–Trinajstić information content (AvgIpc) is 2.61. The van der Waals surface area contributed by atoms with Gasteiger partial charge in [0.15, 0.2) is 0 Å². The molecule has 74 valence electrons. The number of thiophene rings is 1. The van der Waals surface area contributed by atoms with E-state index in [2.05, 4.69) is 40.4 Å². The minimum absolute atomic E-state index is 0.601. The molecule has 0 N–H and O–H groups in total. The van der Waals surface area contributed by atoms with E-state index in [4.69, 9.17) is 11.6 Å². The fourth-order valence-electron chi connectivity index (χ4n) is 1.69. The van der Waals surface area contributed by atoms with Crippen LogP contribution in [0.15, 0.2) is 22.0 Å². The lowest BCUT2D eigenvalue weighted by Crippen LogP contribution is -1.86. The van der Waals surface area contributed by atoms with E-state index < -0.39 is 0 Å². The summed E-state index contributed by atoms with van der Waals surface area (Å²) >= 11 is 11.3. The van der Waals surface area contributed by atoms with Gasteiger partial charge in [0.1, 0.15) is 0 Å². The maximum atomic E-state index is 5.92. The van der Waals surface area contributed by atoms with Crippen LogP contribution in [0.4, 0.5) is 0 Å². The van der Waals surface area contributed by atoms with Crippen molar-refractivity contribution in [3.8, 4) is 0 Å². The Balaban J connectivity index is 2.81. The molecule has 1 heterocycles. The van der Waals surface area contributed by atoms with Gasteiger partial charge in [0, 0.05) is 20.4 Å². The highest BCUT2D eigenvalue weighted by Crippen LogP contribution is 2.34. The number of halogens is 2. The molecule has 0 aliphatic carbocycles. The molecule has 0 atom stereocenters. The topological polar surface area (TPSA) is 0 Å². The first kappa shape index (κ1) is 10.5. The van der Waals surface area contributed by atoms with Gasteiger partial charge >= 0.3 is 0 Å². The van der Waals surface area contributed by atoms with E-state index in [1.54, 1.807) is 11.3 Å². The maximum Gasteiger partial charge on any atom is 0.0488 e. The molecule has 0 spiro atoms. The molecule has 14 heavy (non-hydrogen) atoms. The summed E-state index contributed by atoms with van der Waals surface area (Å²) in [6, 6.07) is 4.27. The second-order valence-electron chi connectivity index (χ2n) is 3.15. The molecule has 0 unspecified atom stereocenters. The minimum Gasteiger partial charge on any atom is -0.143 e. The van der Waals surface area contributed by atoms with Crippen molar-refractivity contribution in [2.45, 2.75) is 19.2 Å². The number of benzene rings is 1. The zero-order chi connectivity index (χ0) is 10.1. The second kappa shape index (κ2) is 4.21. The summed E-state index contributed by atoms with van der Waals surface area (Å²) in [5, 5.41) is 3.50. The summed E-state index contributed by atoms with van der Waals surface area (Å²) in [6.45, 7) is 2.18. The molecule has 1 aromatic heterocycles. The van der Waals surface area contributed by atoms with Crippen LogP contribution in [0.5, 0.6) is 0 Å². The first-order valence-corrected chi connectivity index (χ1v) is 6.72. The van der Waals surface area contributed by atoms with Crippen molar-refractivity contribution < 1.29 is 0 Å². The minimum atomic E-state index is 0.601. The molecule has 3 heteroatoms. The highest BCUT2D eigenvalue weighted by molar-refractivity contribution is 9.10. The lowest BCUT2D eigenvalue weighted by atomic mass is 10.1. The lowest BCUT2D eigenvalue weighted by molar-refractivity contribution is 1.14. The van der Waals surface area contributed by atoms with E-state index in [0.717, 1.165) is 6.42 Å². The number of alkyl halides is 1. The van der Waals surface area contributed by atoms with Crippen molar-refractivity contribution in [3.63, 3.8) is 0 Å². The summed E-state index contributed by atoms with van der Waals surface area (Å²) in [6.07, 6.45) is 1.04.